The number of rotatable bonds is 9. The van der Waals surface area contributed by atoms with Crippen LogP contribution in [0.1, 0.15) is 36.2 Å². The Morgan fingerprint density at radius 1 is 1.07 bits per heavy atom. The van der Waals surface area contributed by atoms with E-state index in [0.29, 0.717) is 23.4 Å². The summed E-state index contributed by atoms with van der Waals surface area (Å²) in [5, 5.41) is 2.78. The molecule has 2 rings (SSSR count). The minimum atomic E-state index is -0.612. The number of carbonyl (C=O) groups excluding carboxylic acids is 3. The molecule has 1 amide bonds. The molecule has 2 aromatic carbocycles. The summed E-state index contributed by atoms with van der Waals surface area (Å²) in [7, 11) is 1.56. The third kappa shape index (κ3) is 7.62. The lowest BCUT2D eigenvalue weighted by Crippen LogP contribution is -2.14. The van der Waals surface area contributed by atoms with Crippen molar-refractivity contribution in [3.05, 3.63) is 65.7 Å². The lowest BCUT2D eigenvalue weighted by Gasteiger charge is -2.08. The zero-order valence-electron chi connectivity index (χ0n) is 16.8. The number of anilines is 1. The van der Waals surface area contributed by atoms with E-state index in [1.807, 2.05) is 26.0 Å². The largest absolute Gasteiger partial charge is 0.497 e. The van der Waals surface area contributed by atoms with Crippen LogP contribution in [0.15, 0.2) is 54.6 Å². The predicted octanol–water partition coefficient (Wildman–Crippen LogP) is 4.12. The molecule has 6 nitrogen and oxygen atoms in total. The number of carbonyl (C=O) groups is 3. The van der Waals surface area contributed by atoms with Gasteiger partial charge in [0, 0.05) is 23.7 Å². The summed E-state index contributed by atoms with van der Waals surface area (Å²) < 4.78 is 10.1. The topological polar surface area (TPSA) is 81.7 Å². The Hall–Kier alpha value is -3.41. The van der Waals surface area contributed by atoms with Crippen molar-refractivity contribution < 1.29 is 23.9 Å². The predicted molar refractivity (Wildman–Crippen MR) is 112 cm³/mol. The van der Waals surface area contributed by atoms with Gasteiger partial charge in [0.1, 0.15) is 5.75 Å². The first-order chi connectivity index (χ1) is 13.9. The van der Waals surface area contributed by atoms with Gasteiger partial charge in [0.15, 0.2) is 12.4 Å². The van der Waals surface area contributed by atoms with Crippen LogP contribution in [-0.4, -0.2) is 31.4 Å². The lowest BCUT2D eigenvalue weighted by molar-refractivity contribution is -0.136. The van der Waals surface area contributed by atoms with Crippen LogP contribution < -0.4 is 10.1 Å². The number of ketones is 1. The van der Waals surface area contributed by atoms with Gasteiger partial charge >= 0.3 is 5.97 Å². The monoisotopic (exact) mass is 395 g/mol. The van der Waals surface area contributed by atoms with Crippen molar-refractivity contribution in [2.75, 3.05) is 19.0 Å². The molecule has 0 saturated heterocycles. The Bertz CT molecular complexity index is 884. The number of ether oxygens (including phenoxy) is 2. The zero-order chi connectivity index (χ0) is 21.2. The van der Waals surface area contributed by atoms with E-state index in [0.717, 1.165) is 5.56 Å². The van der Waals surface area contributed by atoms with Crippen molar-refractivity contribution in [1.82, 2.24) is 0 Å². The molecule has 29 heavy (non-hydrogen) atoms. The van der Waals surface area contributed by atoms with E-state index in [-0.39, 0.29) is 24.2 Å². The number of benzene rings is 2. The van der Waals surface area contributed by atoms with E-state index in [9.17, 15) is 14.4 Å². The highest BCUT2D eigenvalue weighted by molar-refractivity contribution is 5.99. The number of amides is 1. The summed E-state index contributed by atoms with van der Waals surface area (Å²) in [6, 6.07) is 13.7. The van der Waals surface area contributed by atoms with Gasteiger partial charge in [-0.25, -0.2) is 4.79 Å². The first-order valence-corrected chi connectivity index (χ1v) is 9.29. The SMILES string of the molecule is COc1cccc(/C=C/C(=O)OCC(=O)c2ccc(NC(=O)CC(C)C)cc2)c1. The van der Waals surface area contributed by atoms with E-state index in [2.05, 4.69) is 5.32 Å². The molecular formula is C23H25NO5. The van der Waals surface area contributed by atoms with Gasteiger partial charge in [0.25, 0.3) is 0 Å². The molecule has 0 fully saturated rings. The maximum Gasteiger partial charge on any atom is 0.331 e. The number of nitrogens with one attached hydrogen (secondary N) is 1. The first kappa shape index (κ1) is 21.9. The van der Waals surface area contributed by atoms with Gasteiger partial charge in [-0.3, -0.25) is 9.59 Å². The Morgan fingerprint density at radius 3 is 2.45 bits per heavy atom. The quantitative estimate of drug-likeness (QED) is 0.392. The van der Waals surface area contributed by atoms with Crippen molar-refractivity contribution in [2.24, 2.45) is 5.92 Å². The molecule has 152 valence electrons. The van der Waals surface area contributed by atoms with Crippen molar-refractivity contribution in [1.29, 1.82) is 0 Å². The van der Waals surface area contributed by atoms with Crippen LogP contribution in [-0.2, 0) is 14.3 Å². The number of Topliss-reactive ketones (excluding diaryl/α,β-unsaturated/α-hetero) is 1. The highest BCUT2D eigenvalue weighted by Gasteiger charge is 2.10. The van der Waals surface area contributed by atoms with Crippen molar-refractivity contribution in [3.8, 4) is 5.75 Å². The smallest absolute Gasteiger partial charge is 0.331 e. The minimum Gasteiger partial charge on any atom is -0.497 e. The van der Waals surface area contributed by atoms with Crippen LogP contribution in [0.3, 0.4) is 0 Å². The highest BCUT2D eigenvalue weighted by Crippen LogP contribution is 2.14. The number of hydrogen-bond acceptors (Lipinski definition) is 5. The van der Waals surface area contributed by atoms with Crippen molar-refractivity contribution >= 4 is 29.4 Å². The second-order valence-electron chi connectivity index (χ2n) is 6.86. The molecule has 6 heteroatoms. The molecule has 0 bridgehead atoms. The Balaban J connectivity index is 1.84. The lowest BCUT2D eigenvalue weighted by atomic mass is 10.1. The summed E-state index contributed by atoms with van der Waals surface area (Å²) in [4.78, 5) is 35.8. The summed E-state index contributed by atoms with van der Waals surface area (Å²) in [6.45, 7) is 3.57. The second kappa shape index (κ2) is 10.8. The highest BCUT2D eigenvalue weighted by atomic mass is 16.5. The van der Waals surface area contributed by atoms with E-state index < -0.39 is 5.97 Å². The molecule has 0 aliphatic rings. The Labute approximate surface area is 170 Å². The summed E-state index contributed by atoms with van der Waals surface area (Å²) >= 11 is 0. The second-order valence-corrected chi connectivity index (χ2v) is 6.86. The van der Waals surface area contributed by atoms with E-state index >= 15 is 0 Å². The van der Waals surface area contributed by atoms with Gasteiger partial charge in [-0.1, -0.05) is 26.0 Å². The van der Waals surface area contributed by atoms with Crippen molar-refractivity contribution in [3.63, 3.8) is 0 Å². The Kier molecular flexibility index (Phi) is 8.15. The summed E-state index contributed by atoms with van der Waals surface area (Å²) in [6.07, 6.45) is 3.28. The van der Waals surface area contributed by atoms with Gasteiger partial charge < -0.3 is 14.8 Å². The zero-order valence-corrected chi connectivity index (χ0v) is 16.8. The van der Waals surface area contributed by atoms with Crippen LogP contribution >= 0.6 is 0 Å². The molecule has 0 atom stereocenters. The van der Waals surface area contributed by atoms with Crippen LogP contribution in [0, 0.1) is 5.92 Å². The van der Waals surface area contributed by atoms with Crippen LogP contribution in [0.5, 0.6) is 5.75 Å². The molecule has 0 aliphatic carbocycles. The molecular weight excluding hydrogens is 370 g/mol. The maximum atomic E-state index is 12.2. The molecule has 1 N–H and O–H groups in total. The molecule has 0 aromatic heterocycles. The molecule has 0 saturated carbocycles. The minimum absolute atomic E-state index is 0.0733. The normalized spacial score (nSPS) is 10.8. The van der Waals surface area contributed by atoms with Gasteiger partial charge in [-0.05, 0) is 54.0 Å². The Morgan fingerprint density at radius 2 is 1.79 bits per heavy atom. The molecule has 0 heterocycles. The molecule has 0 unspecified atom stereocenters. The number of methoxy groups -OCH3 is 1. The molecule has 0 spiro atoms. The fraction of sp³-hybridized carbons (Fsp3) is 0.261. The van der Waals surface area contributed by atoms with E-state index in [4.69, 9.17) is 9.47 Å². The van der Waals surface area contributed by atoms with Gasteiger partial charge in [0.2, 0.25) is 5.91 Å². The molecule has 0 radical (unpaired) electrons. The summed E-state index contributed by atoms with van der Waals surface area (Å²) in [5.41, 5.74) is 1.80. The average Bonchev–Trinajstić information content (AvgIpc) is 2.70. The maximum absolute atomic E-state index is 12.2. The number of hydrogen-bond donors (Lipinski definition) is 1. The third-order valence-electron chi connectivity index (χ3n) is 3.94. The van der Waals surface area contributed by atoms with Gasteiger partial charge in [-0.15, -0.1) is 0 Å². The standard InChI is InChI=1S/C23H25NO5/c1-16(2)13-22(26)24-19-10-8-18(9-11-19)21(25)15-29-23(27)12-7-17-5-4-6-20(14-17)28-3/h4-12,14,16H,13,15H2,1-3H3,(H,24,26)/b12-7+. The van der Waals surface area contributed by atoms with E-state index in [1.165, 1.54) is 6.08 Å². The summed E-state index contributed by atoms with van der Waals surface area (Å²) in [5.74, 6) is -0.0641. The van der Waals surface area contributed by atoms with Crippen LogP contribution in [0.2, 0.25) is 0 Å². The van der Waals surface area contributed by atoms with Crippen molar-refractivity contribution in [2.45, 2.75) is 20.3 Å². The van der Waals surface area contributed by atoms with Crippen LogP contribution in [0.25, 0.3) is 6.08 Å². The van der Waals surface area contributed by atoms with Gasteiger partial charge in [0.05, 0.1) is 7.11 Å². The fourth-order valence-electron chi connectivity index (χ4n) is 2.50. The van der Waals surface area contributed by atoms with E-state index in [1.54, 1.807) is 49.6 Å². The first-order valence-electron chi connectivity index (χ1n) is 9.29. The number of esters is 1. The third-order valence-corrected chi connectivity index (χ3v) is 3.94. The fourth-order valence-corrected chi connectivity index (χ4v) is 2.50. The molecule has 2 aromatic rings. The van der Waals surface area contributed by atoms with Crippen LogP contribution in [0.4, 0.5) is 5.69 Å². The average molecular weight is 395 g/mol. The molecule has 0 aliphatic heterocycles. The van der Waals surface area contributed by atoms with Gasteiger partial charge in [-0.2, -0.15) is 0 Å².